The average molecular weight is 394 g/mol. The van der Waals surface area contributed by atoms with Crippen molar-refractivity contribution in [2.24, 2.45) is 0 Å². The first-order chi connectivity index (χ1) is 13.7. The van der Waals surface area contributed by atoms with E-state index >= 15 is 0 Å². The van der Waals surface area contributed by atoms with Crippen LogP contribution in [0.4, 0.5) is 17.3 Å². The van der Waals surface area contributed by atoms with Crippen molar-refractivity contribution in [3.63, 3.8) is 0 Å². The number of hydrogen-bond acceptors (Lipinski definition) is 5. The van der Waals surface area contributed by atoms with Gasteiger partial charge < -0.3 is 15.1 Å². The molecule has 7 heteroatoms. The van der Waals surface area contributed by atoms with Gasteiger partial charge in [0.1, 0.15) is 11.6 Å². The third-order valence-corrected chi connectivity index (χ3v) is 4.94. The van der Waals surface area contributed by atoms with Crippen LogP contribution in [-0.2, 0) is 0 Å². The van der Waals surface area contributed by atoms with E-state index in [1.807, 2.05) is 30.5 Å². The van der Waals surface area contributed by atoms with Crippen LogP contribution in [0.5, 0.6) is 0 Å². The highest BCUT2D eigenvalue weighted by atomic mass is 35.5. The monoisotopic (exact) mass is 393 g/mol. The minimum Gasteiger partial charge on any atom is -0.353 e. The quantitative estimate of drug-likeness (QED) is 0.732. The molecular weight excluding hydrogens is 374 g/mol. The van der Waals surface area contributed by atoms with Gasteiger partial charge in [0.2, 0.25) is 0 Å². The van der Waals surface area contributed by atoms with Gasteiger partial charge in [-0.2, -0.15) is 0 Å². The van der Waals surface area contributed by atoms with Crippen LogP contribution in [0.2, 0.25) is 5.02 Å². The molecule has 1 N–H and O–H groups in total. The van der Waals surface area contributed by atoms with Crippen LogP contribution >= 0.6 is 11.6 Å². The molecule has 0 aliphatic carbocycles. The Kier molecular flexibility index (Phi) is 5.39. The first-order valence-corrected chi connectivity index (χ1v) is 9.51. The predicted octanol–water partition coefficient (Wildman–Crippen LogP) is 3.71. The summed E-state index contributed by atoms with van der Waals surface area (Å²) < 4.78 is 0. The van der Waals surface area contributed by atoms with Crippen molar-refractivity contribution in [1.82, 2.24) is 9.97 Å². The normalized spacial score (nSPS) is 14.0. The number of carbonyl (C=O) groups excluding carboxylic acids is 1. The number of carbonyl (C=O) groups is 1. The van der Waals surface area contributed by atoms with Crippen molar-refractivity contribution < 1.29 is 4.79 Å². The molecule has 0 atom stereocenters. The van der Waals surface area contributed by atoms with Crippen LogP contribution in [0.3, 0.4) is 0 Å². The lowest BCUT2D eigenvalue weighted by Crippen LogP contribution is -2.47. The van der Waals surface area contributed by atoms with Crippen LogP contribution < -0.4 is 15.1 Å². The predicted molar refractivity (Wildman–Crippen MR) is 112 cm³/mol. The van der Waals surface area contributed by atoms with Gasteiger partial charge in [0.25, 0.3) is 5.91 Å². The fourth-order valence-electron chi connectivity index (χ4n) is 3.15. The zero-order valence-corrected chi connectivity index (χ0v) is 16.0. The molecule has 0 unspecified atom stereocenters. The minimum atomic E-state index is -0.193. The van der Waals surface area contributed by atoms with E-state index in [0.29, 0.717) is 16.3 Å². The highest BCUT2D eigenvalue weighted by Gasteiger charge is 2.19. The first kappa shape index (κ1) is 18.3. The van der Waals surface area contributed by atoms with Gasteiger partial charge in [0, 0.05) is 49.3 Å². The molecule has 0 bridgehead atoms. The molecule has 0 spiro atoms. The molecule has 6 nitrogen and oxygen atoms in total. The molecule has 1 amide bonds. The third kappa shape index (κ3) is 4.23. The summed E-state index contributed by atoms with van der Waals surface area (Å²) in [6.45, 7) is 3.49. The SMILES string of the molecule is O=C(Nc1ccc(Cl)cc1)c1ccc(N2CCN(c3ccccn3)CC2)nc1. The Morgan fingerprint density at radius 3 is 2.11 bits per heavy atom. The summed E-state index contributed by atoms with van der Waals surface area (Å²) in [4.78, 5) is 25.8. The summed E-state index contributed by atoms with van der Waals surface area (Å²) in [6, 6.07) is 16.7. The van der Waals surface area contributed by atoms with E-state index < -0.39 is 0 Å². The zero-order valence-electron chi connectivity index (χ0n) is 15.3. The van der Waals surface area contributed by atoms with Gasteiger partial charge in [-0.05, 0) is 48.5 Å². The van der Waals surface area contributed by atoms with Gasteiger partial charge in [0.05, 0.1) is 5.56 Å². The van der Waals surface area contributed by atoms with Gasteiger partial charge in [-0.15, -0.1) is 0 Å². The topological polar surface area (TPSA) is 61.4 Å². The van der Waals surface area contributed by atoms with Crippen molar-refractivity contribution in [2.45, 2.75) is 0 Å². The van der Waals surface area contributed by atoms with E-state index in [9.17, 15) is 4.79 Å². The Hall–Kier alpha value is -3.12. The number of benzene rings is 1. The second kappa shape index (κ2) is 8.27. The summed E-state index contributed by atoms with van der Waals surface area (Å²) in [5.74, 6) is 1.69. The number of nitrogens with one attached hydrogen (secondary N) is 1. The van der Waals surface area contributed by atoms with Gasteiger partial charge >= 0.3 is 0 Å². The van der Waals surface area contributed by atoms with E-state index in [4.69, 9.17) is 11.6 Å². The Balaban J connectivity index is 1.36. The number of anilines is 3. The second-order valence-corrected chi connectivity index (χ2v) is 6.96. The molecule has 1 aromatic carbocycles. The van der Waals surface area contributed by atoms with Crippen molar-refractivity contribution in [3.8, 4) is 0 Å². The third-order valence-electron chi connectivity index (χ3n) is 4.69. The zero-order chi connectivity index (χ0) is 19.3. The highest BCUT2D eigenvalue weighted by molar-refractivity contribution is 6.30. The molecule has 28 heavy (non-hydrogen) atoms. The lowest BCUT2D eigenvalue weighted by molar-refractivity contribution is 0.102. The maximum absolute atomic E-state index is 12.4. The van der Waals surface area contributed by atoms with Crippen molar-refractivity contribution in [3.05, 3.63) is 77.6 Å². The maximum Gasteiger partial charge on any atom is 0.257 e. The van der Waals surface area contributed by atoms with Gasteiger partial charge in [-0.3, -0.25) is 4.79 Å². The number of pyridine rings is 2. The van der Waals surface area contributed by atoms with Gasteiger partial charge in [-0.1, -0.05) is 17.7 Å². The number of halogens is 1. The van der Waals surface area contributed by atoms with E-state index in [-0.39, 0.29) is 5.91 Å². The lowest BCUT2D eigenvalue weighted by Gasteiger charge is -2.36. The Morgan fingerprint density at radius 1 is 0.857 bits per heavy atom. The van der Waals surface area contributed by atoms with Crippen LogP contribution in [0, 0.1) is 0 Å². The van der Waals surface area contributed by atoms with Gasteiger partial charge in [0.15, 0.2) is 0 Å². The molecular formula is C21H20ClN5O. The molecule has 1 aliphatic rings. The minimum absolute atomic E-state index is 0.193. The van der Waals surface area contributed by atoms with Crippen LogP contribution in [0.25, 0.3) is 0 Å². The largest absolute Gasteiger partial charge is 0.353 e. The fourth-order valence-corrected chi connectivity index (χ4v) is 3.28. The molecule has 3 aromatic rings. The number of nitrogens with zero attached hydrogens (tertiary/aromatic N) is 4. The van der Waals surface area contributed by atoms with Crippen LogP contribution in [0.15, 0.2) is 67.0 Å². The van der Waals surface area contributed by atoms with E-state index in [0.717, 1.165) is 37.8 Å². The molecule has 1 aliphatic heterocycles. The fraction of sp³-hybridized carbons (Fsp3) is 0.190. The molecule has 2 aromatic heterocycles. The molecule has 1 fully saturated rings. The summed E-state index contributed by atoms with van der Waals surface area (Å²) in [7, 11) is 0. The molecule has 1 saturated heterocycles. The Labute approximate surface area is 168 Å². The molecule has 142 valence electrons. The van der Waals surface area contributed by atoms with Crippen molar-refractivity contribution >= 4 is 34.8 Å². The maximum atomic E-state index is 12.4. The summed E-state index contributed by atoms with van der Waals surface area (Å²) in [6.07, 6.45) is 3.43. The number of hydrogen-bond donors (Lipinski definition) is 1. The smallest absolute Gasteiger partial charge is 0.257 e. The Morgan fingerprint density at radius 2 is 1.54 bits per heavy atom. The van der Waals surface area contributed by atoms with E-state index in [2.05, 4.69) is 25.1 Å². The number of amides is 1. The van der Waals surface area contributed by atoms with Crippen LogP contribution in [-0.4, -0.2) is 42.1 Å². The molecule has 0 radical (unpaired) electrons. The molecule has 0 saturated carbocycles. The number of rotatable bonds is 4. The average Bonchev–Trinajstić information content (AvgIpc) is 2.76. The summed E-state index contributed by atoms with van der Waals surface area (Å²) >= 11 is 5.87. The standard InChI is InChI=1S/C21H20ClN5O/c22-17-5-7-18(8-6-17)25-21(28)16-4-9-20(24-15-16)27-13-11-26(12-14-27)19-3-1-2-10-23-19/h1-10,15H,11-14H2,(H,25,28). The Bertz CT molecular complexity index is 923. The van der Waals surface area contributed by atoms with Crippen molar-refractivity contribution in [1.29, 1.82) is 0 Å². The molecule has 3 heterocycles. The first-order valence-electron chi connectivity index (χ1n) is 9.13. The highest BCUT2D eigenvalue weighted by Crippen LogP contribution is 2.18. The number of piperazine rings is 1. The van der Waals surface area contributed by atoms with E-state index in [1.165, 1.54) is 0 Å². The van der Waals surface area contributed by atoms with Gasteiger partial charge in [-0.25, -0.2) is 9.97 Å². The van der Waals surface area contributed by atoms with Crippen molar-refractivity contribution in [2.75, 3.05) is 41.3 Å². The number of aromatic nitrogens is 2. The summed E-state index contributed by atoms with van der Waals surface area (Å²) in [5.41, 5.74) is 1.22. The van der Waals surface area contributed by atoms with Crippen LogP contribution in [0.1, 0.15) is 10.4 Å². The lowest BCUT2D eigenvalue weighted by atomic mass is 10.2. The van der Waals surface area contributed by atoms with E-state index in [1.54, 1.807) is 36.5 Å². The molecule has 4 rings (SSSR count). The second-order valence-electron chi connectivity index (χ2n) is 6.53. The summed E-state index contributed by atoms with van der Waals surface area (Å²) in [5, 5.41) is 3.48.